The van der Waals surface area contributed by atoms with Gasteiger partial charge in [-0.3, -0.25) is 9.59 Å². The average molecular weight is 293 g/mol. The largest absolute Gasteiger partial charge is 0.469 e. The van der Waals surface area contributed by atoms with E-state index in [1.54, 1.807) is 17.1 Å². The predicted molar refractivity (Wildman–Crippen MR) is 80.7 cm³/mol. The van der Waals surface area contributed by atoms with E-state index in [4.69, 9.17) is 4.74 Å². The van der Waals surface area contributed by atoms with Gasteiger partial charge in [0.15, 0.2) is 0 Å². The van der Waals surface area contributed by atoms with Gasteiger partial charge in [-0.2, -0.15) is 0 Å². The predicted octanol–water partition coefficient (Wildman–Crippen LogP) is 1.86. The van der Waals surface area contributed by atoms with Crippen molar-refractivity contribution in [1.29, 1.82) is 0 Å². The Bertz CT molecular complexity index is 428. The van der Waals surface area contributed by atoms with Gasteiger partial charge in [0.2, 0.25) is 5.91 Å². The molecule has 0 bridgehead atoms. The van der Waals surface area contributed by atoms with E-state index in [0.717, 1.165) is 5.57 Å². The van der Waals surface area contributed by atoms with E-state index < -0.39 is 0 Å². The van der Waals surface area contributed by atoms with Crippen LogP contribution in [0.15, 0.2) is 37.0 Å². The Kier molecular flexibility index (Phi) is 7.46. The zero-order valence-corrected chi connectivity index (χ0v) is 12.5. The number of ether oxygens (including phenoxy) is 2. The van der Waals surface area contributed by atoms with E-state index in [1.807, 2.05) is 6.08 Å². The third kappa shape index (κ3) is 5.55. The van der Waals surface area contributed by atoms with E-state index in [2.05, 4.69) is 17.9 Å². The number of allylic oxidation sites excluding steroid dienone is 2. The number of morpholine rings is 1. The van der Waals surface area contributed by atoms with Crippen LogP contribution >= 0.6 is 0 Å². The number of carbonyl (C=O) groups excluding carboxylic acids is 2. The van der Waals surface area contributed by atoms with Crippen molar-refractivity contribution in [3.63, 3.8) is 0 Å². The molecule has 1 saturated heterocycles. The number of methoxy groups -OCH3 is 1. The van der Waals surface area contributed by atoms with Crippen molar-refractivity contribution in [2.75, 3.05) is 26.8 Å². The summed E-state index contributed by atoms with van der Waals surface area (Å²) in [7, 11) is 1.35. The zero-order chi connectivity index (χ0) is 15.7. The van der Waals surface area contributed by atoms with E-state index in [-0.39, 0.29) is 24.4 Å². The minimum absolute atomic E-state index is 0.0363. The molecule has 0 aromatic rings. The summed E-state index contributed by atoms with van der Waals surface area (Å²) in [5.74, 6) is -0.250. The summed E-state index contributed by atoms with van der Waals surface area (Å²) in [5, 5.41) is 0. The summed E-state index contributed by atoms with van der Waals surface area (Å²) < 4.78 is 10.2. The second-order valence-electron chi connectivity index (χ2n) is 4.74. The molecule has 1 heterocycles. The molecule has 1 aliphatic heterocycles. The fourth-order valence-corrected chi connectivity index (χ4v) is 2.16. The van der Waals surface area contributed by atoms with Crippen LogP contribution in [0.4, 0.5) is 0 Å². The minimum Gasteiger partial charge on any atom is -0.469 e. The Labute approximate surface area is 125 Å². The Balaban J connectivity index is 2.49. The van der Waals surface area contributed by atoms with Gasteiger partial charge in [0.1, 0.15) is 6.10 Å². The lowest BCUT2D eigenvalue weighted by atomic mass is 10.1. The van der Waals surface area contributed by atoms with Gasteiger partial charge < -0.3 is 14.4 Å². The molecular formula is C16H23NO4. The smallest absolute Gasteiger partial charge is 0.305 e. The highest BCUT2D eigenvalue weighted by atomic mass is 16.5. The van der Waals surface area contributed by atoms with Crippen LogP contribution in [0, 0.1) is 0 Å². The van der Waals surface area contributed by atoms with E-state index in [9.17, 15) is 9.59 Å². The molecule has 0 radical (unpaired) electrons. The normalized spacial score (nSPS) is 19.0. The first kappa shape index (κ1) is 17.2. The fraction of sp³-hybridized carbons (Fsp3) is 0.500. The van der Waals surface area contributed by atoms with Gasteiger partial charge in [-0.1, -0.05) is 31.4 Å². The first-order valence-corrected chi connectivity index (χ1v) is 7.03. The summed E-state index contributed by atoms with van der Waals surface area (Å²) in [6.45, 7) is 8.98. The van der Waals surface area contributed by atoms with Gasteiger partial charge >= 0.3 is 5.97 Å². The van der Waals surface area contributed by atoms with Crippen molar-refractivity contribution in [2.24, 2.45) is 0 Å². The highest BCUT2D eigenvalue weighted by Gasteiger charge is 2.25. The van der Waals surface area contributed by atoms with Crippen molar-refractivity contribution in [2.45, 2.75) is 25.4 Å². The van der Waals surface area contributed by atoms with Crippen LogP contribution in [0.3, 0.4) is 0 Å². The molecule has 0 aromatic carbocycles. The van der Waals surface area contributed by atoms with Crippen LogP contribution in [0.2, 0.25) is 0 Å². The molecule has 5 nitrogen and oxygen atoms in total. The molecule has 0 N–H and O–H groups in total. The number of rotatable bonds is 7. The summed E-state index contributed by atoms with van der Waals surface area (Å²) in [5.41, 5.74) is 0.914. The summed E-state index contributed by atoms with van der Waals surface area (Å²) in [6.07, 6.45) is 6.18. The lowest BCUT2D eigenvalue weighted by Gasteiger charge is -2.33. The first-order valence-electron chi connectivity index (χ1n) is 7.03. The van der Waals surface area contributed by atoms with Crippen molar-refractivity contribution in [1.82, 2.24) is 4.90 Å². The number of amides is 1. The van der Waals surface area contributed by atoms with Gasteiger partial charge in [0.25, 0.3) is 0 Å². The molecule has 0 spiro atoms. The third-order valence-electron chi connectivity index (χ3n) is 3.34. The Hall–Kier alpha value is -1.88. The van der Waals surface area contributed by atoms with Crippen molar-refractivity contribution in [3.8, 4) is 0 Å². The van der Waals surface area contributed by atoms with Crippen molar-refractivity contribution < 1.29 is 19.1 Å². The SMILES string of the molecule is C=C/C=C(\C=C)C1CN(C(=O)CCCC(=O)OC)CCO1. The Morgan fingerprint density at radius 3 is 2.76 bits per heavy atom. The fourth-order valence-electron chi connectivity index (χ4n) is 2.16. The molecule has 116 valence electrons. The van der Waals surface area contributed by atoms with Crippen LogP contribution in [0.1, 0.15) is 19.3 Å². The molecule has 0 aliphatic carbocycles. The second-order valence-corrected chi connectivity index (χ2v) is 4.74. The summed E-state index contributed by atoms with van der Waals surface area (Å²) in [4.78, 5) is 24.9. The number of nitrogens with zero attached hydrogens (tertiary/aromatic N) is 1. The van der Waals surface area contributed by atoms with Crippen LogP contribution in [-0.2, 0) is 19.1 Å². The molecule has 0 aromatic heterocycles. The Morgan fingerprint density at radius 1 is 1.38 bits per heavy atom. The molecular weight excluding hydrogens is 270 g/mol. The van der Waals surface area contributed by atoms with Crippen LogP contribution in [-0.4, -0.2) is 49.7 Å². The minimum atomic E-state index is -0.287. The lowest BCUT2D eigenvalue weighted by molar-refractivity contribution is -0.141. The second kappa shape index (κ2) is 9.13. The van der Waals surface area contributed by atoms with E-state index in [0.29, 0.717) is 32.5 Å². The van der Waals surface area contributed by atoms with Crippen molar-refractivity contribution >= 4 is 11.9 Å². The lowest BCUT2D eigenvalue weighted by Crippen LogP contribution is -2.46. The van der Waals surface area contributed by atoms with Gasteiger partial charge in [-0.25, -0.2) is 0 Å². The van der Waals surface area contributed by atoms with Gasteiger partial charge in [-0.05, 0) is 12.0 Å². The van der Waals surface area contributed by atoms with E-state index >= 15 is 0 Å². The van der Waals surface area contributed by atoms with Crippen LogP contribution < -0.4 is 0 Å². The summed E-state index contributed by atoms with van der Waals surface area (Å²) >= 11 is 0. The van der Waals surface area contributed by atoms with Gasteiger partial charge in [0, 0.05) is 19.4 Å². The molecule has 5 heteroatoms. The third-order valence-corrected chi connectivity index (χ3v) is 3.34. The molecule has 1 amide bonds. The average Bonchev–Trinajstić information content (AvgIpc) is 2.52. The first-order chi connectivity index (χ1) is 10.1. The zero-order valence-electron chi connectivity index (χ0n) is 12.5. The maximum Gasteiger partial charge on any atom is 0.305 e. The summed E-state index contributed by atoms with van der Waals surface area (Å²) in [6, 6.07) is 0. The maximum absolute atomic E-state index is 12.1. The van der Waals surface area contributed by atoms with Crippen LogP contribution in [0.5, 0.6) is 0 Å². The van der Waals surface area contributed by atoms with Crippen LogP contribution in [0.25, 0.3) is 0 Å². The molecule has 1 fully saturated rings. The topological polar surface area (TPSA) is 55.8 Å². The highest BCUT2D eigenvalue weighted by molar-refractivity contribution is 5.77. The molecule has 1 unspecified atom stereocenters. The molecule has 1 aliphatic rings. The van der Waals surface area contributed by atoms with E-state index in [1.165, 1.54) is 7.11 Å². The number of carbonyl (C=O) groups is 2. The molecule has 1 atom stereocenters. The molecule has 21 heavy (non-hydrogen) atoms. The number of hydrogen-bond acceptors (Lipinski definition) is 4. The standard InChI is InChI=1S/C16H23NO4/c1-4-7-13(5-2)14-12-17(10-11-21-14)15(18)8-6-9-16(19)20-3/h4-5,7,14H,1-2,6,8-12H2,3H3/b13-7+. The Morgan fingerprint density at radius 2 is 2.14 bits per heavy atom. The quantitative estimate of drug-likeness (QED) is 0.531. The number of hydrogen-bond donors (Lipinski definition) is 0. The number of esters is 1. The van der Waals surface area contributed by atoms with Gasteiger partial charge in [0.05, 0.1) is 20.3 Å². The van der Waals surface area contributed by atoms with Gasteiger partial charge in [-0.15, -0.1) is 0 Å². The molecule has 0 saturated carbocycles. The molecule has 1 rings (SSSR count). The highest BCUT2D eigenvalue weighted by Crippen LogP contribution is 2.16. The van der Waals surface area contributed by atoms with Crippen molar-refractivity contribution in [3.05, 3.63) is 37.0 Å². The monoisotopic (exact) mass is 293 g/mol. The maximum atomic E-state index is 12.1.